The number of nitrogens with zero attached hydrogens (tertiary/aromatic N) is 2. The van der Waals surface area contributed by atoms with Crippen molar-refractivity contribution >= 4 is 33.5 Å². The maximum absolute atomic E-state index is 11.2. The minimum Gasteiger partial charge on any atom is -0.478 e. The van der Waals surface area contributed by atoms with E-state index in [0.717, 1.165) is 22.9 Å². The van der Waals surface area contributed by atoms with E-state index in [4.69, 9.17) is 11.6 Å². The van der Waals surface area contributed by atoms with E-state index in [2.05, 4.69) is 25.9 Å². The number of aromatic carboxylic acids is 1. The number of carboxylic acids is 1. The second kappa shape index (κ2) is 5.14. The van der Waals surface area contributed by atoms with Gasteiger partial charge in [0.05, 0.1) is 16.3 Å². The van der Waals surface area contributed by atoms with Gasteiger partial charge in [-0.1, -0.05) is 11.6 Å². The highest BCUT2D eigenvalue weighted by Gasteiger charge is 2.30. The van der Waals surface area contributed by atoms with Crippen LogP contribution in [0.3, 0.4) is 0 Å². The minimum absolute atomic E-state index is 0.198. The summed E-state index contributed by atoms with van der Waals surface area (Å²) in [5, 5.41) is 9.79. The standard InChI is InChI=1S/C14H10BrClN2O2/c15-10-5-8(3-4-11(10)16)13-17-6-9(14(19)20)12(18-13)7-1-2-7/h3-7H,1-2H2,(H,19,20). The van der Waals surface area contributed by atoms with E-state index >= 15 is 0 Å². The molecule has 0 bridgehead atoms. The predicted molar refractivity (Wildman–Crippen MR) is 79.1 cm³/mol. The van der Waals surface area contributed by atoms with E-state index in [0.29, 0.717) is 16.5 Å². The number of hydrogen-bond donors (Lipinski definition) is 1. The zero-order valence-corrected chi connectivity index (χ0v) is 12.6. The van der Waals surface area contributed by atoms with Crippen LogP contribution in [0, 0.1) is 0 Å². The van der Waals surface area contributed by atoms with E-state index in [1.54, 1.807) is 6.07 Å². The SMILES string of the molecule is O=C(O)c1cnc(-c2ccc(Cl)c(Br)c2)nc1C1CC1. The molecule has 0 atom stereocenters. The Kier molecular flexibility index (Phi) is 3.48. The molecule has 1 N–H and O–H groups in total. The van der Waals surface area contributed by atoms with Crippen molar-refractivity contribution in [3.63, 3.8) is 0 Å². The summed E-state index contributed by atoms with van der Waals surface area (Å²) in [5.74, 6) is -0.205. The molecular formula is C14H10BrClN2O2. The number of aromatic nitrogens is 2. The highest BCUT2D eigenvalue weighted by Crippen LogP contribution is 2.41. The third-order valence-electron chi connectivity index (χ3n) is 3.19. The predicted octanol–water partition coefficient (Wildman–Crippen LogP) is 4.14. The fourth-order valence-corrected chi connectivity index (χ4v) is 2.50. The van der Waals surface area contributed by atoms with Crippen molar-refractivity contribution in [2.75, 3.05) is 0 Å². The van der Waals surface area contributed by atoms with Gasteiger partial charge in [-0.2, -0.15) is 0 Å². The summed E-state index contributed by atoms with van der Waals surface area (Å²) >= 11 is 9.32. The molecule has 0 amide bonds. The van der Waals surface area contributed by atoms with Crippen molar-refractivity contribution in [3.05, 3.63) is 45.1 Å². The molecule has 0 unspecified atom stereocenters. The van der Waals surface area contributed by atoms with E-state index in [1.165, 1.54) is 6.20 Å². The average molecular weight is 354 g/mol. The lowest BCUT2D eigenvalue weighted by Crippen LogP contribution is -2.06. The quantitative estimate of drug-likeness (QED) is 0.901. The lowest BCUT2D eigenvalue weighted by molar-refractivity contribution is 0.0694. The first-order chi connectivity index (χ1) is 9.56. The molecule has 1 aromatic heterocycles. The van der Waals surface area contributed by atoms with Crippen LogP contribution in [0.4, 0.5) is 0 Å². The van der Waals surface area contributed by atoms with Gasteiger partial charge in [-0.3, -0.25) is 0 Å². The van der Waals surface area contributed by atoms with E-state index in [9.17, 15) is 9.90 Å². The van der Waals surface area contributed by atoms with E-state index in [-0.39, 0.29) is 11.5 Å². The molecule has 1 fully saturated rings. The highest BCUT2D eigenvalue weighted by molar-refractivity contribution is 9.10. The molecular weight excluding hydrogens is 344 g/mol. The fraction of sp³-hybridized carbons (Fsp3) is 0.214. The van der Waals surface area contributed by atoms with Crippen molar-refractivity contribution in [3.8, 4) is 11.4 Å². The normalized spacial score (nSPS) is 14.3. The molecule has 1 aliphatic rings. The summed E-state index contributed by atoms with van der Waals surface area (Å²) in [4.78, 5) is 19.8. The Morgan fingerprint density at radius 3 is 2.75 bits per heavy atom. The van der Waals surface area contributed by atoms with Crippen molar-refractivity contribution in [1.29, 1.82) is 0 Å². The number of carboxylic acid groups (broad SMARTS) is 1. The summed E-state index contributed by atoms with van der Waals surface area (Å²) in [6.45, 7) is 0. The lowest BCUT2D eigenvalue weighted by atomic mass is 10.1. The Morgan fingerprint density at radius 2 is 2.15 bits per heavy atom. The van der Waals surface area contributed by atoms with Crippen LogP contribution in [-0.2, 0) is 0 Å². The van der Waals surface area contributed by atoms with Crippen LogP contribution in [0.25, 0.3) is 11.4 Å². The van der Waals surface area contributed by atoms with Crippen molar-refractivity contribution < 1.29 is 9.90 Å². The van der Waals surface area contributed by atoms with Crippen LogP contribution in [0.2, 0.25) is 5.02 Å². The van der Waals surface area contributed by atoms with Crippen LogP contribution < -0.4 is 0 Å². The first-order valence-electron chi connectivity index (χ1n) is 6.12. The molecule has 20 heavy (non-hydrogen) atoms. The Bertz CT molecular complexity index is 702. The number of rotatable bonds is 3. The van der Waals surface area contributed by atoms with Gasteiger partial charge in [0.1, 0.15) is 0 Å². The summed E-state index contributed by atoms with van der Waals surface area (Å²) < 4.78 is 0.760. The molecule has 6 heteroatoms. The minimum atomic E-state index is -0.976. The van der Waals surface area contributed by atoms with Crippen LogP contribution in [-0.4, -0.2) is 21.0 Å². The molecule has 0 spiro atoms. The summed E-state index contributed by atoms with van der Waals surface area (Å²) in [6, 6.07) is 5.40. The van der Waals surface area contributed by atoms with Crippen molar-refractivity contribution in [2.45, 2.75) is 18.8 Å². The molecule has 1 aliphatic carbocycles. The summed E-state index contributed by atoms with van der Waals surface area (Å²) in [6.07, 6.45) is 3.36. The van der Waals surface area contributed by atoms with E-state index < -0.39 is 5.97 Å². The molecule has 0 saturated heterocycles. The van der Waals surface area contributed by atoms with Gasteiger partial charge >= 0.3 is 5.97 Å². The van der Waals surface area contributed by atoms with Crippen molar-refractivity contribution in [2.24, 2.45) is 0 Å². The molecule has 4 nitrogen and oxygen atoms in total. The molecule has 2 aromatic rings. The molecule has 102 valence electrons. The second-order valence-corrected chi connectivity index (χ2v) is 5.96. The average Bonchev–Trinajstić information content (AvgIpc) is 3.25. The molecule has 1 saturated carbocycles. The lowest BCUT2D eigenvalue weighted by Gasteiger charge is -2.07. The van der Waals surface area contributed by atoms with Gasteiger partial charge in [-0.25, -0.2) is 14.8 Å². The smallest absolute Gasteiger partial charge is 0.339 e. The van der Waals surface area contributed by atoms with Crippen LogP contribution >= 0.6 is 27.5 Å². The maximum Gasteiger partial charge on any atom is 0.339 e. The molecule has 1 aromatic carbocycles. The molecule has 0 radical (unpaired) electrons. The number of hydrogen-bond acceptors (Lipinski definition) is 3. The van der Waals surface area contributed by atoms with Gasteiger partial charge in [-0.15, -0.1) is 0 Å². The third kappa shape index (κ3) is 2.55. The monoisotopic (exact) mass is 352 g/mol. The van der Waals surface area contributed by atoms with Gasteiger partial charge in [0.2, 0.25) is 0 Å². The molecule has 1 heterocycles. The van der Waals surface area contributed by atoms with E-state index in [1.807, 2.05) is 12.1 Å². The summed E-state index contributed by atoms with van der Waals surface area (Å²) in [7, 11) is 0. The number of carbonyl (C=O) groups is 1. The van der Waals surface area contributed by atoms with Gasteiger partial charge in [0.25, 0.3) is 0 Å². The Hall–Kier alpha value is -1.46. The Balaban J connectivity index is 2.08. The van der Waals surface area contributed by atoms with Gasteiger partial charge < -0.3 is 5.11 Å². The maximum atomic E-state index is 11.2. The zero-order chi connectivity index (χ0) is 14.3. The van der Waals surface area contributed by atoms with Crippen LogP contribution in [0.15, 0.2) is 28.9 Å². The number of halogens is 2. The fourth-order valence-electron chi connectivity index (χ4n) is 2.00. The zero-order valence-electron chi connectivity index (χ0n) is 10.3. The topological polar surface area (TPSA) is 63.1 Å². The van der Waals surface area contributed by atoms with Crippen molar-refractivity contribution in [1.82, 2.24) is 9.97 Å². The number of benzene rings is 1. The van der Waals surface area contributed by atoms with Gasteiger partial charge in [0, 0.05) is 22.2 Å². The Morgan fingerprint density at radius 1 is 1.40 bits per heavy atom. The van der Waals surface area contributed by atoms with Gasteiger partial charge in [-0.05, 0) is 47.0 Å². The van der Waals surface area contributed by atoms with Crippen LogP contribution in [0.5, 0.6) is 0 Å². The molecule has 0 aliphatic heterocycles. The summed E-state index contributed by atoms with van der Waals surface area (Å²) in [5.41, 5.74) is 1.64. The second-order valence-electron chi connectivity index (χ2n) is 4.70. The Labute approximate surface area is 129 Å². The molecule has 3 rings (SSSR count). The van der Waals surface area contributed by atoms with Gasteiger partial charge in [0.15, 0.2) is 5.82 Å². The van der Waals surface area contributed by atoms with Crippen LogP contribution in [0.1, 0.15) is 34.8 Å². The largest absolute Gasteiger partial charge is 0.478 e. The highest BCUT2D eigenvalue weighted by atomic mass is 79.9. The first kappa shape index (κ1) is 13.5. The first-order valence-corrected chi connectivity index (χ1v) is 7.29. The third-order valence-corrected chi connectivity index (χ3v) is 4.40.